The minimum absolute atomic E-state index is 0.287. The number of hydrogen-bond acceptors (Lipinski definition) is 4. The Bertz CT molecular complexity index is 383. The topological polar surface area (TPSA) is 35.5 Å². The summed E-state index contributed by atoms with van der Waals surface area (Å²) in [6, 6.07) is 4.51. The number of nitrogens with zero attached hydrogens (tertiary/aromatic N) is 1. The highest BCUT2D eigenvalue weighted by molar-refractivity contribution is 7.99. The predicted molar refractivity (Wildman–Crippen MR) is 73.5 cm³/mol. The average Bonchev–Trinajstić information content (AvgIpc) is 2.40. The first kappa shape index (κ1) is 13.6. The summed E-state index contributed by atoms with van der Waals surface area (Å²) in [4.78, 5) is 2.45. The zero-order chi connectivity index (χ0) is 12.8. The van der Waals surface area contributed by atoms with Crippen molar-refractivity contribution < 1.29 is 9.50 Å². The van der Waals surface area contributed by atoms with Gasteiger partial charge >= 0.3 is 0 Å². The fraction of sp³-hybridized carbons (Fsp3) is 0.538. The first-order valence-corrected chi connectivity index (χ1v) is 7.39. The maximum atomic E-state index is 13.1. The monoisotopic (exact) mass is 270 g/mol. The Balaban J connectivity index is 1.66. The van der Waals surface area contributed by atoms with Crippen molar-refractivity contribution in [2.24, 2.45) is 0 Å². The molecule has 0 aliphatic carbocycles. The smallest absolute Gasteiger partial charge is 0.165 e. The third kappa shape index (κ3) is 4.15. The summed E-state index contributed by atoms with van der Waals surface area (Å²) in [5.41, 5.74) is 0.861. The molecule has 0 unspecified atom stereocenters. The molecule has 0 spiro atoms. The predicted octanol–water partition coefficient (Wildman–Crippen LogP) is 1.67. The molecule has 1 aromatic rings. The summed E-state index contributed by atoms with van der Waals surface area (Å²) in [5.74, 6) is 1.61. The van der Waals surface area contributed by atoms with Gasteiger partial charge in [-0.15, -0.1) is 0 Å². The van der Waals surface area contributed by atoms with Crippen LogP contribution in [0.4, 0.5) is 4.39 Å². The van der Waals surface area contributed by atoms with Gasteiger partial charge in [-0.05, 0) is 17.7 Å². The van der Waals surface area contributed by atoms with Crippen LogP contribution in [0.1, 0.15) is 5.56 Å². The first-order valence-electron chi connectivity index (χ1n) is 6.24. The van der Waals surface area contributed by atoms with Gasteiger partial charge in [0.2, 0.25) is 0 Å². The number of phenols is 1. The summed E-state index contributed by atoms with van der Waals surface area (Å²) in [6.07, 6.45) is 0. The van der Waals surface area contributed by atoms with Crippen LogP contribution in [0.3, 0.4) is 0 Å². The van der Waals surface area contributed by atoms with E-state index in [2.05, 4.69) is 10.2 Å². The molecule has 0 radical (unpaired) electrons. The Labute approximate surface area is 111 Å². The number of nitrogens with one attached hydrogen (secondary N) is 1. The molecule has 18 heavy (non-hydrogen) atoms. The molecule has 2 N–H and O–H groups in total. The Morgan fingerprint density at radius 2 is 2.11 bits per heavy atom. The van der Waals surface area contributed by atoms with Gasteiger partial charge in [-0.25, -0.2) is 4.39 Å². The lowest BCUT2D eigenvalue weighted by Crippen LogP contribution is -2.37. The Morgan fingerprint density at radius 1 is 1.33 bits per heavy atom. The largest absolute Gasteiger partial charge is 0.505 e. The van der Waals surface area contributed by atoms with Crippen LogP contribution in [0.25, 0.3) is 0 Å². The molecule has 1 fully saturated rings. The summed E-state index contributed by atoms with van der Waals surface area (Å²) in [7, 11) is 0. The fourth-order valence-electron chi connectivity index (χ4n) is 1.96. The highest BCUT2D eigenvalue weighted by Crippen LogP contribution is 2.15. The maximum absolute atomic E-state index is 13.1. The van der Waals surface area contributed by atoms with E-state index in [0.29, 0.717) is 6.54 Å². The van der Waals surface area contributed by atoms with Gasteiger partial charge in [0.15, 0.2) is 11.6 Å². The van der Waals surface area contributed by atoms with Crippen molar-refractivity contribution in [3.63, 3.8) is 0 Å². The van der Waals surface area contributed by atoms with E-state index in [4.69, 9.17) is 5.11 Å². The number of halogens is 1. The SMILES string of the molecule is Oc1ccc(CNCCN2CCSCC2)cc1F. The standard InChI is InChI=1S/C13H19FN2OS/c14-12-9-11(1-2-13(12)17)10-15-3-4-16-5-7-18-8-6-16/h1-2,9,15,17H,3-8,10H2. The molecule has 2 rings (SSSR count). The second-order valence-corrected chi connectivity index (χ2v) is 5.64. The van der Waals surface area contributed by atoms with Crippen LogP contribution in [-0.4, -0.2) is 47.7 Å². The van der Waals surface area contributed by atoms with Crippen LogP contribution >= 0.6 is 11.8 Å². The Kier molecular flexibility index (Phi) is 5.28. The second kappa shape index (κ2) is 6.97. The van der Waals surface area contributed by atoms with Crippen LogP contribution in [-0.2, 0) is 6.54 Å². The molecule has 0 saturated carbocycles. The highest BCUT2D eigenvalue weighted by Gasteiger charge is 2.09. The van der Waals surface area contributed by atoms with E-state index in [1.807, 2.05) is 11.8 Å². The zero-order valence-corrected chi connectivity index (χ0v) is 11.2. The number of thioether (sulfide) groups is 1. The molecule has 0 bridgehead atoms. The zero-order valence-electron chi connectivity index (χ0n) is 10.4. The van der Waals surface area contributed by atoms with E-state index in [1.54, 1.807) is 6.07 Å². The maximum Gasteiger partial charge on any atom is 0.165 e. The number of hydrogen-bond donors (Lipinski definition) is 2. The Hall–Kier alpha value is -0.780. The second-order valence-electron chi connectivity index (χ2n) is 4.42. The van der Waals surface area contributed by atoms with Crippen LogP contribution in [0.2, 0.25) is 0 Å². The van der Waals surface area contributed by atoms with E-state index in [0.717, 1.165) is 18.7 Å². The van der Waals surface area contributed by atoms with Crippen molar-refractivity contribution in [1.29, 1.82) is 0 Å². The number of aromatic hydroxyl groups is 1. The minimum atomic E-state index is -0.553. The van der Waals surface area contributed by atoms with Crippen LogP contribution < -0.4 is 5.32 Å². The quantitative estimate of drug-likeness (QED) is 0.798. The van der Waals surface area contributed by atoms with Gasteiger partial charge in [0.05, 0.1) is 0 Å². The molecule has 1 heterocycles. The fourth-order valence-corrected chi connectivity index (χ4v) is 2.93. The third-order valence-electron chi connectivity index (χ3n) is 3.05. The van der Waals surface area contributed by atoms with Gasteiger partial charge < -0.3 is 15.3 Å². The minimum Gasteiger partial charge on any atom is -0.505 e. The van der Waals surface area contributed by atoms with Gasteiger partial charge in [-0.1, -0.05) is 6.07 Å². The van der Waals surface area contributed by atoms with Crippen molar-refractivity contribution in [3.05, 3.63) is 29.6 Å². The van der Waals surface area contributed by atoms with E-state index >= 15 is 0 Å². The first-order chi connectivity index (χ1) is 8.75. The normalized spacial score (nSPS) is 16.9. The van der Waals surface area contributed by atoms with Crippen molar-refractivity contribution in [3.8, 4) is 5.75 Å². The van der Waals surface area contributed by atoms with Crippen molar-refractivity contribution >= 4 is 11.8 Å². The number of phenolic OH excluding ortho intramolecular Hbond substituents is 1. The molecule has 1 saturated heterocycles. The van der Waals surface area contributed by atoms with E-state index in [-0.39, 0.29) is 5.75 Å². The lowest BCUT2D eigenvalue weighted by Gasteiger charge is -2.26. The molecule has 3 nitrogen and oxygen atoms in total. The molecule has 1 aromatic carbocycles. The summed E-state index contributed by atoms with van der Waals surface area (Å²) >= 11 is 2.01. The van der Waals surface area contributed by atoms with Crippen molar-refractivity contribution in [2.75, 3.05) is 37.7 Å². The van der Waals surface area contributed by atoms with Gasteiger partial charge in [0.1, 0.15) is 0 Å². The Morgan fingerprint density at radius 3 is 2.83 bits per heavy atom. The average molecular weight is 270 g/mol. The lowest BCUT2D eigenvalue weighted by molar-refractivity contribution is 0.301. The summed E-state index contributed by atoms with van der Waals surface area (Å²) in [5, 5.41) is 12.4. The van der Waals surface area contributed by atoms with Crippen LogP contribution in [0, 0.1) is 5.82 Å². The molecular weight excluding hydrogens is 251 g/mol. The van der Waals surface area contributed by atoms with E-state index in [9.17, 15) is 4.39 Å². The number of rotatable bonds is 5. The summed E-state index contributed by atoms with van der Waals surface area (Å²) < 4.78 is 13.1. The summed E-state index contributed by atoms with van der Waals surface area (Å²) in [6.45, 7) is 4.93. The highest BCUT2D eigenvalue weighted by atomic mass is 32.2. The van der Waals surface area contributed by atoms with Crippen molar-refractivity contribution in [2.45, 2.75) is 6.54 Å². The van der Waals surface area contributed by atoms with Gasteiger partial charge in [0.25, 0.3) is 0 Å². The lowest BCUT2D eigenvalue weighted by atomic mass is 10.2. The van der Waals surface area contributed by atoms with E-state index in [1.165, 1.54) is 36.7 Å². The van der Waals surface area contributed by atoms with Gasteiger partial charge in [0, 0.05) is 44.2 Å². The molecule has 5 heteroatoms. The molecule has 1 aliphatic heterocycles. The molecule has 0 amide bonds. The van der Waals surface area contributed by atoms with E-state index < -0.39 is 5.82 Å². The van der Waals surface area contributed by atoms with Crippen LogP contribution in [0.15, 0.2) is 18.2 Å². The van der Waals surface area contributed by atoms with Gasteiger partial charge in [-0.3, -0.25) is 0 Å². The molecule has 100 valence electrons. The van der Waals surface area contributed by atoms with Crippen LogP contribution in [0.5, 0.6) is 5.75 Å². The molecule has 0 aromatic heterocycles. The molecule has 1 aliphatic rings. The third-order valence-corrected chi connectivity index (χ3v) is 3.99. The molecular formula is C13H19FN2OS. The molecule has 0 atom stereocenters. The van der Waals surface area contributed by atoms with Crippen molar-refractivity contribution in [1.82, 2.24) is 10.2 Å². The van der Waals surface area contributed by atoms with Gasteiger partial charge in [-0.2, -0.15) is 11.8 Å². The number of benzene rings is 1.